The van der Waals surface area contributed by atoms with Gasteiger partial charge in [-0.15, -0.1) is 0 Å². The average Bonchev–Trinajstić information content (AvgIpc) is 3.08. The van der Waals surface area contributed by atoms with Crippen molar-refractivity contribution in [3.8, 4) is 11.5 Å². The number of methoxy groups -OCH3 is 2. The fourth-order valence-corrected chi connectivity index (χ4v) is 2.96. The van der Waals surface area contributed by atoms with Crippen molar-refractivity contribution in [1.82, 2.24) is 15.1 Å². The van der Waals surface area contributed by atoms with Gasteiger partial charge in [0.25, 0.3) is 11.5 Å². The van der Waals surface area contributed by atoms with Crippen LogP contribution in [0.2, 0.25) is 0 Å². The maximum Gasteiger partial charge on any atom is 0.267 e. The maximum atomic E-state index is 12.3. The maximum absolute atomic E-state index is 12.3. The van der Waals surface area contributed by atoms with E-state index in [9.17, 15) is 9.59 Å². The van der Waals surface area contributed by atoms with Gasteiger partial charge in [0.1, 0.15) is 11.5 Å². The summed E-state index contributed by atoms with van der Waals surface area (Å²) in [6.45, 7) is 0.635. The molecule has 1 aliphatic carbocycles. The number of benzene rings is 1. The van der Waals surface area contributed by atoms with E-state index < -0.39 is 0 Å². The molecule has 0 saturated carbocycles. The van der Waals surface area contributed by atoms with Crippen molar-refractivity contribution in [1.29, 1.82) is 0 Å². The number of rotatable bonds is 6. The van der Waals surface area contributed by atoms with Crippen LogP contribution in [0.4, 0.5) is 0 Å². The molecule has 1 aliphatic rings. The van der Waals surface area contributed by atoms with Crippen LogP contribution < -0.4 is 20.3 Å². The van der Waals surface area contributed by atoms with Gasteiger partial charge in [0.05, 0.1) is 32.0 Å². The standard InChI is InChI=1S/C18H21N3O4/c1-24-13-6-7-14(16(11-13)25-2)18(23)19-8-9-21-17(22)10-12-4-3-5-15(12)20-21/h6-7,10-11H,3-5,8-9H2,1-2H3,(H,19,23). The first-order valence-electron chi connectivity index (χ1n) is 8.22. The van der Waals surface area contributed by atoms with E-state index in [1.807, 2.05) is 0 Å². The van der Waals surface area contributed by atoms with Crippen molar-refractivity contribution in [2.45, 2.75) is 25.8 Å². The Labute approximate surface area is 145 Å². The predicted molar refractivity (Wildman–Crippen MR) is 92.4 cm³/mol. The van der Waals surface area contributed by atoms with Gasteiger partial charge in [0.15, 0.2) is 0 Å². The fraction of sp³-hybridized carbons (Fsp3) is 0.389. The largest absolute Gasteiger partial charge is 0.497 e. The van der Waals surface area contributed by atoms with Gasteiger partial charge in [-0.05, 0) is 37.0 Å². The summed E-state index contributed by atoms with van der Waals surface area (Å²) < 4.78 is 11.8. The van der Waals surface area contributed by atoms with Crippen LogP contribution in [0.5, 0.6) is 11.5 Å². The molecule has 0 unspecified atom stereocenters. The van der Waals surface area contributed by atoms with Crippen molar-refractivity contribution >= 4 is 5.91 Å². The molecule has 3 rings (SSSR count). The molecule has 1 amide bonds. The van der Waals surface area contributed by atoms with Crippen molar-refractivity contribution in [2.75, 3.05) is 20.8 Å². The van der Waals surface area contributed by atoms with Gasteiger partial charge in [-0.1, -0.05) is 0 Å². The van der Waals surface area contributed by atoms with Gasteiger partial charge in [-0.2, -0.15) is 5.10 Å². The van der Waals surface area contributed by atoms with E-state index in [4.69, 9.17) is 9.47 Å². The number of aromatic nitrogens is 2. The van der Waals surface area contributed by atoms with Crippen LogP contribution in [0.15, 0.2) is 29.1 Å². The number of fused-ring (bicyclic) bond motifs is 1. The van der Waals surface area contributed by atoms with Gasteiger partial charge >= 0.3 is 0 Å². The van der Waals surface area contributed by atoms with Crippen LogP contribution in [0, 0.1) is 0 Å². The molecule has 0 aliphatic heterocycles. The van der Waals surface area contributed by atoms with Crippen molar-refractivity contribution in [3.05, 3.63) is 51.4 Å². The second-order valence-corrected chi connectivity index (χ2v) is 5.85. The molecule has 0 radical (unpaired) electrons. The Balaban J connectivity index is 1.65. The summed E-state index contributed by atoms with van der Waals surface area (Å²) >= 11 is 0. The Morgan fingerprint density at radius 2 is 2.08 bits per heavy atom. The number of carbonyl (C=O) groups excluding carboxylic acids is 1. The number of hydrogen-bond donors (Lipinski definition) is 1. The highest BCUT2D eigenvalue weighted by atomic mass is 16.5. The third-order valence-corrected chi connectivity index (χ3v) is 4.29. The zero-order chi connectivity index (χ0) is 17.8. The van der Waals surface area contributed by atoms with Gasteiger partial charge in [-0.3, -0.25) is 9.59 Å². The molecule has 0 saturated heterocycles. The summed E-state index contributed by atoms with van der Waals surface area (Å²) in [6, 6.07) is 6.65. The number of aryl methyl sites for hydroxylation is 2. The van der Waals surface area contributed by atoms with E-state index in [0.29, 0.717) is 30.2 Å². The molecule has 0 bridgehead atoms. The molecule has 2 aromatic rings. The third-order valence-electron chi connectivity index (χ3n) is 4.29. The molecule has 1 N–H and O–H groups in total. The second kappa shape index (κ2) is 7.38. The molecule has 25 heavy (non-hydrogen) atoms. The Bertz CT molecular complexity index is 845. The van der Waals surface area contributed by atoms with E-state index in [-0.39, 0.29) is 11.5 Å². The Morgan fingerprint density at radius 1 is 1.24 bits per heavy atom. The van der Waals surface area contributed by atoms with E-state index in [1.54, 1.807) is 31.4 Å². The lowest BCUT2D eigenvalue weighted by Crippen LogP contribution is -2.32. The number of carbonyl (C=O) groups is 1. The van der Waals surface area contributed by atoms with E-state index in [1.165, 1.54) is 11.8 Å². The first-order chi connectivity index (χ1) is 12.1. The van der Waals surface area contributed by atoms with E-state index >= 15 is 0 Å². The molecular weight excluding hydrogens is 322 g/mol. The van der Waals surface area contributed by atoms with Crippen LogP contribution in [0.1, 0.15) is 28.0 Å². The van der Waals surface area contributed by atoms with Crippen LogP contribution in [0.3, 0.4) is 0 Å². The second-order valence-electron chi connectivity index (χ2n) is 5.85. The Hall–Kier alpha value is -2.83. The van der Waals surface area contributed by atoms with Crippen LogP contribution >= 0.6 is 0 Å². The smallest absolute Gasteiger partial charge is 0.267 e. The lowest BCUT2D eigenvalue weighted by Gasteiger charge is -2.11. The highest BCUT2D eigenvalue weighted by Crippen LogP contribution is 2.24. The van der Waals surface area contributed by atoms with Crippen molar-refractivity contribution in [2.24, 2.45) is 0 Å². The minimum atomic E-state index is -0.270. The first-order valence-corrected chi connectivity index (χ1v) is 8.22. The zero-order valence-electron chi connectivity index (χ0n) is 14.4. The quantitative estimate of drug-likeness (QED) is 0.852. The number of nitrogens with zero attached hydrogens (tertiary/aromatic N) is 2. The summed E-state index contributed by atoms with van der Waals surface area (Å²) in [4.78, 5) is 24.4. The molecule has 1 aromatic heterocycles. The fourth-order valence-electron chi connectivity index (χ4n) is 2.96. The molecule has 1 aromatic carbocycles. The summed E-state index contributed by atoms with van der Waals surface area (Å²) in [5.74, 6) is 0.778. The minimum Gasteiger partial charge on any atom is -0.497 e. The average molecular weight is 343 g/mol. The first kappa shape index (κ1) is 17.0. The number of nitrogens with one attached hydrogen (secondary N) is 1. The highest BCUT2D eigenvalue weighted by molar-refractivity contribution is 5.97. The minimum absolute atomic E-state index is 0.128. The topological polar surface area (TPSA) is 82.5 Å². The number of hydrogen-bond acceptors (Lipinski definition) is 5. The van der Waals surface area contributed by atoms with Gasteiger partial charge < -0.3 is 14.8 Å². The summed E-state index contributed by atoms with van der Waals surface area (Å²) in [6.07, 6.45) is 2.87. The molecule has 0 atom stereocenters. The lowest BCUT2D eigenvalue weighted by atomic mass is 10.1. The van der Waals surface area contributed by atoms with E-state index in [2.05, 4.69) is 10.4 Å². The molecule has 1 heterocycles. The molecule has 7 heteroatoms. The van der Waals surface area contributed by atoms with Gasteiger partial charge in [0, 0.05) is 18.7 Å². The summed E-state index contributed by atoms with van der Waals surface area (Å²) in [5.41, 5.74) is 2.32. The Morgan fingerprint density at radius 3 is 2.84 bits per heavy atom. The monoisotopic (exact) mass is 343 g/mol. The lowest BCUT2D eigenvalue weighted by molar-refractivity contribution is 0.0948. The molecule has 132 valence electrons. The van der Waals surface area contributed by atoms with Crippen LogP contribution in [-0.4, -0.2) is 36.5 Å². The normalized spacial score (nSPS) is 12.6. The molecule has 0 spiro atoms. The zero-order valence-corrected chi connectivity index (χ0v) is 14.4. The van der Waals surface area contributed by atoms with Crippen molar-refractivity contribution in [3.63, 3.8) is 0 Å². The van der Waals surface area contributed by atoms with E-state index in [0.717, 1.165) is 30.5 Å². The number of ether oxygens (including phenoxy) is 2. The van der Waals surface area contributed by atoms with Crippen LogP contribution in [0.25, 0.3) is 0 Å². The summed E-state index contributed by atoms with van der Waals surface area (Å²) in [5, 5.41) is 7.19. The van der Waals surface area contributed by atoms with Gasteiger partial charge in [0.2, 0.25) is 0 Å². The third kappa shape index (κ3) is 3.65. The SMILES string of the molecule is COc1ccc(C(=O)NCCn2nc3c(cc2=O)CCC3)c(OC)c1. The summed E-state index contributed by atoms with van der Waals surface area (Å²) in [7, 11) is 3.05. The highest BCUT2D eigenvalue weighted by Gasteiger charge is 2.16. The van der Waals surface area contributed by atoms with Gasteiger partial charge in [-0.25, -0.2) is 4.68 Å². The predicted octanol–water partition coefficient (Wildman–Crippen LogP) is 1.18. The Kier molecular flexibility index (Phi) is 5.02. The van der Waals surface area contributed by atoms with Crippen molar-refractivity contribution < 1.29 is 14.3 Å². The molecular formula is C18H21N3O4. The molecule has 7 nitrogen and oxygen atoms in total. The number of amides is 1. The van der Waals surface area contributed by atoms with Crippen LogP contribution in [-0.2, 0) is 19.4 Å². The molecule has 0 fully saturated rings.